The lowest BCUT2D eigenvalue weighted by atomic mass is 10.1. The average molecular weight is 218 g/mol. The molecule has 0 aliphatic carbocycles. The number of hydrazone groups is 1. The predicted octanol–water partition coefficient (Wildman–Crippen LogP) is 1.92. The number of morpholine rings is 1. The largest absolute Gasteiger partial charge is 0.378 e. The number of nitrogens with zero attached hydrogens (tertiary/aromatic N) is 2. The van der Waals surface area contributed by atoms with Gasteiger partial charge in [-0.05, 0) is 17.5 Å². The zero-order chi connectivity index (χ0) is 11.2. The van der Waals surface area contributed by atoms with Crippen LogP contribution in [0.1, 0.15) is 18.1 Å². The lowest BCUT2D eigenvalue weighted by molar-refractivity contribution is 0.0397. The number of hydrogen-bond acceptors (Lipinski definition) is 3. The van der Waals surface area contributed by atoms with E-state index in [1.807, 2.05) is 6.21 Å². The van der Waals surface area contributed by atoms with Crippen LogP contribution >= 0.6 is 0 Å². The summed E-state index contributed by atoms with van der Waals surface area (Å²) in [6.45, 7) is 5.52. The molecule has 0 aromatic heterocycles. The second-order valence-electron chi connectivity index (χ2n) is 3.91. The van der Waals surface area contributed by atoms with Gasteiger partial charge in [-0.25, -0.2) is 0 Å². The Hall–Kier alpha value is -1.35. The molecule has 86 valence electrons. The van der Waals surface area contributed by atoms with E-state index < -0.39 is 0 Å². The number of benzene rings is 1. The number of ether oxygens (including phenoxy) is 1. The van der Waals surface area contributed by atoms with E-state index in [9.17, 15) is 0 Å². The maximum atomic E-state index is 5.27. The quantitative estimate of drug-likeness (QED) is 0.724. The Morgan fingerprint density at radius 3 is 2.56 bits per heavy atom. The van der Waals surface area contributed by atoms with Gasteiger partial charge in [-0.1, -0.05) is 31.2 Å². The van der Waals surface area contributed by atoms with Crippen LogP contribution in [-0.2, 0) is 11.2 Å². The molecule has 0 saturated carbocycles. The molecule has 1 aliphatic rings. The minimum Gasteiger partial charge on any atom is -0.378 e. The summed E-state index contributed by atoms with van der Waals surface area (Å²) >= 11 is 0. The van der Waals surface area contributed by atoms with Gasteiger partial charge >= 0.3 is 0 Å². The van der Waals surface area contributed by atoms with E-state index in [4.69, 9.17) is 4.74 Å². The van der Waals surface area contributed by atoms with Gasteiger partial charge < -0.3 is 4.74 Å². The molecule has 3 heteroatoms. The average Bonchev–Trinajstić information content (AvgIpc) is 2.38. The lowest BCUT2D eigenvalue weighted by Crippen LogP contribution is -2.32. The van der Waals surface area contributed by atoms with E-state index >= 15 is 0 Å². The molecule has 0 amide bonds. The lowest BCUT2D eigenvalue weighted by Gasteiger charge is -2.23. The van der Waals surface area contributed by atoms with Crippen molar-refractivity contribution in [1.29, 1.82) is 0 Å². The molecule has 0 spiro atoms. The van der Waals surface area contributed by atoms with Crippen LogP contribution < -0.4 is 0 Å². The number of hydrogen-bond donors (Lipinski definition) is 0. The molecule has 1 heterocycles. The van der Waals surface area contributed by atoms with Crippen molar-refractivity contribution in [3.05, 3.63) is 35.4 Å². The highest BCUT2D eigenvalue weighted by atomic mass is 16.5. The van der Waals surface area contributed by atoms with Gasteiger partial charge in [-0.15, -0.1) is 0 Å². The van der Waals surface area contributed by atoms with Crippen LogP contribution in [0.25, 0.3) is 0 Å². The Morgan fingerprint density at radius 1 is 1.25 bits per heavy atom. The van der Waals surface area contributed by atoms with Gasteiger partial charge in [-0.2, -0.15) is 5.10 Å². The van der Waals surface area contributed by atoms with Gasteiger partial charge in [0.2, 0.25) is 0 Å². The minimum absolute atomic E-state index is 0.784. The zero-order valence-electron chi connectivity index (χ0n) is 9.72. The summed E-state index contributed by atoms with van der Waals surface area (Å²) in [6, 6.07) is 8.53. The summed E-state index contributed by atoms with van der Waals surface area (Å²) in [5, 5.41) is 6.49. The van der Waals surface area contributed by atoms with Crippen LogP contribution in [0, 0.1) is 0 Å². The van der Waals surface area contributed by atoms with Gasteiger partial charge in [0.05, 0.1) is 32.5 Å². The first-order chi connectivity index (χ1) is 7.88. The van der Waals surface area contributed by atoms with Crippen LogP contribution in [0.5, 0.6) is 0 Å². The standard InChI is InChI=1S/C13H18N2O/c1-2-12-3-5-13(6-4-12)11-14-15-7-9-16-10-8-15/h3-6,11H,2,7-10H2,1H3/b14-11-. The Kier molecular flexibility index (Phi) is 3.94. The van der Waals surface area contributed by atoms with E-state index in [2.05, 4.69) is 41.3 Å². The fraction of sp³-hybridized carbons (Fsp3) is 0.462. The summed E-state index contributed by atoms with van der Waals surface area (Å²) in [4.78, 5) is 0. The molecule has 1 aromatic carbocycles. The van der Waals surface area contributed by atoms with Crippen LogP contribution in [0.2, 0.25) is 0 Å². The molecule has 0 unspecified atom stereocenters. The second-order valence-corrected chi connectivity index (χ2v) is 3.91. The van der Waals surface area contributed by atoms with Crippen molar-refractivity contribution < 1.29 is 4.74 Å². The van der Waals surface area contributed by atoms with Gasteiger partial charge in [0.25, 0.3) is 0 Å². The topological polar surface area (TPSA) is 24.8 Å². The van der Waals surface area contributed by atoms with Gasteiger partial charge in [0.15, 0.2) is 0 Å². The van der Waals surface area contributed by atoms with Crippen molar-refractivity contribution in [2.75, 3.05) is 26.3 Å². The van der Waals surface area contributed by atoms with Gasteiger partial charge in [0.1, 0.15) is 0 Å². The van der Waals surface area contributed by atoms with Crippen molar-refractivity contribution in [3.63, 3.8) is 0 Å². The summed E-state index contributed by atoms with van der Waals surface area (Å²) in [7, 11) is 0. The predicted molar refractivity (Wildman–Crippen MR) is 65.8 cm³/mol. The first-order valence-electron chi connectivity index (χ1n) is 5.84. The van der Waals surface area contributed by atoms with E-state index in [-0.39, 0.29) is 0 Å². The minimum atomic E-state index is 0.784. The highest BCUT2D eigenvalue weighted by Gasteiger charge is 2.05. The summed E-state index contributed by atoms with van der Waals surface area (Å²) in [5.74, 6) is 0. The van der Waals surface area contributed by atoms with E-state index in [1.165, 1.54) is 5.56 Å². The smallest absolute Gasteiger partial charge is 0.0659 e. The Morgan fingerprint density at radius 2 is 1.94 bits per heavy atom. The van der Waals surface area contributed by atoms with Crippen molar-refractivity contribution in [2.45, 2.75) is 13.3 Å². The Labute approximate surface area is 96.7 Å². The van der Waals surface area contributed by atoms with E-state index in [0.29, 0.717) is 0 Å². The third-order valence-electron chi connectivity index (χ3n) is 2.75. The number of rotatable bonds is 3. The van der Waals surface area contributed by atoms with Crippen LogP contribution in [0.15, 0.2) is 29.4 Å². The fourth-order valence-corrected chi connectivity index (χ4v) is 1.66. The Balaban J connectivity index is 1.94. The maximum Gasteiger partial charge on any atom is 0.0659 e. The van der Waals surface area contributed by atoms with Gasteiger partial charge in [0, 0.05) is 0 Å². The summed E-state index contributed by atoms with van der Waals surface area (Å²) < 4.78 is 5.27. The first-order valence-corrected chi connectivity index (χ1v) is 5.84. The summed E-state index contributed by atoms with van der Waals surface area (Å²) in [6.07, 6.45) is 3.01. The second kappa shape index (κ2) is 5.66. The van der Waals surface area contributed by atoms with Crippen LogP contribution in [0.3, 0.4) is 0 Å². The molecule has 1 aliphatic heterocycles. The molecule has 0 N–H and O–H groups in total. The molecule has 1 aromatic rings. The zero-order valence-corrected chi connectivity index (χ0v) is 9.72. The maximum absolute atomic E-state index is 5.27. The Bertz CT molecular complexity index is 339. The molecular formula is C13H18N2O. The molecular weight excluding hydrogens is 200 g/mol. The van der Waals surface area contributed by atoms with Crippen molar-refractivity contribution in [3.8, 4) is 0 Å². The molecule has 1 fully saturated rings. The van der Waals surface area contributed by atoms with Crippen molar-refractivity contribution in [1.82, 2.24) is 5.01 Å². The van der Waals surface area contributed by atoms with Crippen LogP contribution in [-0.4, -0.2) is 37.5 Å². The molecule has 0 atom stereocenters. The number of aryl methyl sites for hydroxylation is 1. The molecule has 0 bridgehead atoms. The normalized spacial score (nSPS) is 16.9. The third kappa shape index (κ3) is 3.07. The third-order valence-corrected chi connectivity index (χ3v) is 2.75. The molecule has 2 rings (SSSR count). The van der Waals surface area contributed by atoms with E-state index in [1.54, 1.807) is 0 Å². The fourth-order valence-electron chi connectivity index (χ4n) is 1.66. The molecule has 0 radical (unpaired) electrons. The monoisotopic (exact) mass is 218 g/mol. The SMILES string of the molecule is CCc1ccc(/C=N\N2CCOCC2)cc1. The molecule has 3 nitrogen and oxygen atoms in total. The highest BCUT2D eigenvalue weighted by molar-refractivity contribution is 5.79. The van der Waals surface area contributed by atoms with E-state index in [0.717, 1.165) is 38.3 Å². The van der Waals surface area contributed by atoms with Gasteiger partial charge in [-0.3, -0.25) is 5.01 Å². The van der Waals surface area contributed by atoms with Crippen molar-refractivity contribution in [2.24, 2.45) is 5.10 Å². The molecule has 16 heavy (non-hydrogen) atoms. The first kappa shape index (κ1) is 11.1. The highest BCUT2D eigenvalue weighted by Crippen LogP contribution is 2.04. The summed E-state index contributed by atoms with van der Waals surface area (Å²) in [5.41, 5.74) is 2.52. The van der Waals surface area contributed by atoms with Crippen molar-refractivity contribution >= 4 is 6.21 Å². The van der Waals surface area contributed by atoms with Crippen LogP contribution in [0.4, 0.5) is 0 Å². The molecule has 1 saturated heterocycles.